The van der Waals surface area contributed by atoms with Gasteiger partial charge in [0.1, 0.15) is 5.69 Å². The molecule has 0 aromatic carbocycles. The highest BCUT2D eigenvalue weighted by Gasteiger charge is 2.07. The van der Waals surface area contributed by atoms with Crippen molar-refractivity contribution >= 4 is 5.84 Å². The van der Waals surface area contributed by atoms with Crippen LogP contribution in [0, 0.1) is 0 Å². The van der Waals surface area contributed by atoms with Crippen LogP contribution in [-0.2, 0) is 0 Å². The lowest BCUT2D eigenvalue weighted by molar-refractivity contribution is 1.18. The number of nitrogens with two attached hydrogens (primary N) is 2. The maximum Gasteiger partial charge on any atom is 0.168 e. The zero-order valence-corrected chi connectivity index (χ0v) is 11.7. The first-order chi connectivity index (χ1) is 10.8. The molecule has 0 radical (unpaired) electrons. The molecule has 0 aliphatic carbocycles. The molecule has 3 rings (SSSR count). The summed E-state index contributed by atoms with van der Waals surface area (Å²) in [6.07, 6.45) is 1.74. The Bertz CT molecular complexity index is 814. The quantitative estimate of drug-likeness (QED) is 0.331. The maximum absolute atomic E-state index is 5.69. The van der Waals surface area contributed by atoms with E-state index in [1.807, 2.05) is 48.5 Å². The van der Waals surface area contributed by atoms with Gasteiger partial charge in [-0.05, 0) is 36.4 Å². The minimum Gasteiger partial charge on any atom is -0.380 e. The summed E-state index contributed by atoms with van der Waals surface area (Å²) in [5, 5.41) is 3.46. The van der Waals surface area contributed by atoms with Crippen molar-refractivity contribution in [1.82, 2.24) is 15.0 Å². The van der Waals surface area contributed by atoms with Crippen molar-refractivity contribution in [3.05, 3.63) is 66.5 Å². The molecule has 0 saturated carbocycles. The van der Waals surface area contributed by atoms with E-state index in [9.17, 15) is 0 Å². The molecule has 108 valence electrons. The Morgan fingerprint density at radius 3 is 2.09 bits per heavy atom. The van der Waals surface area contributed by atoms with Gasteiger partial charge in [0, 0.05) is 6.20 Å². The first-order valence-corrected chi connectivity index (χ1v) is 6.67. The van der Waals surface area contributed by atoms with Gasteiger partial charge in [0.25, 0.3) is 0 Å². The molecule has 0 fully saturated rings. The number of hydrazone groups is 1. The van der Waals surface area contributed by atoms with Crippen LogP contribution < -0.4 is 11.6 Å². The van der Waals surface area contributed by atoms with Crippen molar-refractivity contribution in [2.24, 2.45) is 16.7 Å². The summed E-state index contributed by atoms with van der Waals surface area (Å²) < 4.78 is 0. The lowest BCUT2D eigenvalue weighted by Crippen LogP contribution is -2.17. The molecule has 3 heterocycles. The highest BCUT2D eigenvalue weighted by Crippen LogP contribution is 2.20. The maximum atomic E-state index is 5.69. The number of nitrogens with zero attached hydrogens (tertiary/aromatic N) is 4. The Labute approximate surface area is 127 Å². The molecule has 0 saturated heterocycles. The van der Waals surface area contributed by atoms with E-state index in [4.69, 9.17) is 11.6 Å². The van der Waals surface area contributed by atoms with Gasteiger partial charge >= 0.3 is 0 Å². The molecule has 0 atom stereocenters. The van der Waals surface area contributed by atoms with Crippen molar-refractivity contribution in [1.29, 1.82) is 0 Å². The molecule has 22 heavy (non-hydrogen) atoms. The Kier molecular flexibility index (Phi) is 3.74. The summed E-state index contributed by atoms with van der Waals surface area (Å²) in [5.74, 6) is 5.38. The first kappa shape index (κ1) is 13.7. The monoisotopic (exact) mass is 290 g/mol. The summed E-state index contributed by atoms with van der Waals surface area (Å²) >= 11 is 0. The second kappa shape index (κ2) is 6.01. The Hall–Kier alpha value is -3.28. The number of amidine groups is 1. The Morgan fingerprint density at radius 1 is 0.773 bits per heavy atom. The van der Waals surface area contributed by atoms with E-state index in [2.05, 4.69) is 20.1 Å². The van der Waals surface area contributed by atoms with Crippen molar-refractivity contribution in [3.8, 4) is 22.8 Å². The fourth-order valence-electron chi connectivity index (χ4n) is 2.02. The Morgan fingerprint density at radius 2 is 1.41 bits per heavy atom. The van der Waals surface area contributed by atoms with Gasteiger partial charge in [0.15, 0.2) is 5.84 Å². The van der Waals surface area contributed by atoms with Crippen LogP contribution in [0.1, 0.15) is 5.69 Å². The summed E-state index contributed by atoms with van der Waals surface area (Å²) in [7, 11) is 0. The number of hydrogen-bond acceptors (Lipinski definition) is 5. The van der Waals surface area contributed by atoms with Crippen molar-refractivity contribution in [2.75, 3.05) is 0 Å². The summed E-state index contributed by atoms with van der Waals surface area (Å²) in [4.78, 5) is 13.3. The third-order valence-electron chi connectivity index (χ3n) is 3.09. The van der Waals surface area contributed by atoms with Gasteiger partial charge in [-0.25, -0.2) is 9.97 Å². The second-order valence-electron chi connectivity index (χ2n) is 4.55. The molecule has 0 aliphatic heterocycles. The van der Waals surface area contributed by atoms with Crippen LogP contribution in [0.5, 0.6) is 0 Å². The predicted molar refractivity (Wildman–Crippen MR) is 85.6 cm³/mol. The highest BCUT2D eigenvalue weighted by molar-refractivity contribution is 5.95. The topological polar surface area (TPSA) is 103 Å². The van der Waals surface area contributed by atoms with E-state index in [0.29, 0.717) is 11.4 Å². The van der Waals surface area contributed by atoms with E-state index < -0.39 is 0 Å². The largest absolute Gasteiger partial charge is 0.380 e. The van der Waals surface area contributed by atoms with Crippen LogP contribution in [0.4, 0.5) is 0 Å². The van der Waals surface area contributed by atoms with E-state index in [1.54, 1.807) is 12.3 Å². The van der Waals surface area contributed by atoms with Gasteiger partial charge in [-0.2, -0.15) is 5.10 Å². The molecule has 6 nitrogen and oxygen atoms in total. The lowest BCUT2D eigenvalue weighted by atomic mass is 10.2. The zero-order chi connectivity index (χ0) is 15.4. The summed E-state index contributed by atoms with van der Waals surface area (Å²) in [6, 6.07) is 16.9. The lowest BCUT2D eigenvalue weighted by Gasteiger charge is -2.05. The third-order valence-corrected chi connectivity index (χ3v) is 3.09. The minimum absolute atomic E-state index is 0.183. The van der Waals surface area contributed by atoms with E-state index >= 15 is 0 Å². The Balaban J connectivity index is 2.03. The van der Waals surface area contributed by atoms with Crippen LogP contribution in [0.15, 0.2) is 65.9 Å². The highest BCUT2D eigenvalue weighted by atomic mass is 15.2. The normalized spacial score (nSPS) is 11.4. The molecule has 3 aromatic heterocycles. The molecular weight excluding hydrogens is 276 g/mol. The molecule has 4 N–H and O–H groups in total. The molecule has 0 aliphatic rings. The van der Waals surface area contributed by atoms with E-state index in [0.717, 1.165) is 17.1 Å². The minimum atomic E-state index is 0.183. The van der Waals surface area contributed by atoms with Crippen LogP contribution >= 0.6 is 0 Å². The number of aromatic nitrogens is 3. The van der Waals surface area contributed by atoms with Crippen molar-refractivity contribution < 1.29 is 0 Å². The molecular formula is C16H14N6. The van der Waals surface area contributed by atoms with Gasteiger partial charge in [-0.15, -0.1) is 0 Å². The second-order valence-corrected chi connectivity index (χ2v) is 4.55. The van der Waals surface area contributed by atoms with Crippen molar-refractivity contribution in [3.63, 3.8) is 0 Å². The fraction of sp³-hybridized carbons (Fsp3) is 0. The summed E-state index contributed by atoms with van der Waals surface area (Å²) in [6.45, 7) is 0. The van der Waals surface area contributed by atoms with Gasteiger partial charge in [0.2, 0.25) is 0 Å². The standard InChI is InChI=1S/C16H14N6/c17-16(22-18)15-9-4-8-14(21-15)13-7-3-6-12(20-13)11-5-1-2-10-19-11/h1-10H,18H2,(H2,17,22). The molecule has 3 aromatic rings. The molecule has 0 spiro atoms. The van der Waals surface area contributed by atoms with Gasteiger partial charge in [0.05, 0.1) is 22.8 Å². The van der Waals surface area contributed by atoms with Crippen LogP contribution in [0.2, 0.25) is 0 Å². The molecule has 6 heteroatoms. The third kappa shape index (κ3) is 2.76. The molecule has 0 unspecified atom stereocenters. The molecule has 0 amide bonds. The average Bonchev–Trinajstić information content (AvgIpc) is 2.62. The average molecular weight is 290 g/mol. The van der Waals surface area contributed by atoms with Crippen molar-refractivity contribution in [2.45, 2.75) is 0 Å². The van der Waals surface area contributed by atoms with Gasteiger partial charge < -0.3 is 11.6 Å². The van der Waals surface area contributed by atoms with Gasteiger partial charge in [-0.3, -0.25) is 4.98 Å². The summed E-state index contributed by atoms with van der Waals surface area (Å²) in [5.41, 5.74) is 9.23. The molecule has 0 bridgehead atoms. The number of rotatable bonds is 3. The SMILES string of the molecule is N/N=C(\N)c1cccc(-c2cccc(-c3ccccn3)n2)n1. The first-order valence-electron chi connectivity index (χ1n) is 6.67. The van der Waals surface area contributed by atoms with Crippen LogP contribution in [0.3, 0.4) is 0 Å². The fourth-order valence-corrected chi connectivity index (χ4v) is 2.02. The van der Waals surface area contributed by atoms with E-state index in [1.165, 1.54) is 0 Å². The number of pyridine rings is 3. The van der Waals surface area contributed by atoms with Gasteiger partial charge in [-0.1, -0.05) is 18.2 Å². The zero-order valence-electron chi connectivity index (χ0n) is 11.7. The number of hydrogen-bond donors (Lipinski definition) is 2. The van der Waals surface area contributed by atoms with Crippen LogP contribution in [0.25, 0.3) is 22.8 Å². The van der Waals surface area contributed by atoms with Crippen LogP contribution in [-0.4, -0.2) is 20.8 Å². The smallest absolute Gasteiger partial charge is 0.168 e. The van der Waals surface area contributed by atoms with E-state index in [-0.39, 0.29) is 5.84 Å². The predicted octanol–water partition coefficient (Wildman–Crippen LogP) is 1.78.